The number of ether oxygens (including phenoxy) is 1. The van der Waals surface area contributed by atoms with E-state index in [9.17, 15) is 9.59 Å². The minimum atomic E-state index is -1.05. The molecule has 0 bridgehead atoms. The van der Waals surface area contributed by atoms with E-state index in [1.807, 2.05) is 6.92 Å². The van der Waals surface area contributed by atoms with Crippen LogP contribution in [0.5, 0.6) is 5.75 Å². The third-order valence-corrected chi connectivity index (χ3v) is 3.87. The quantitative estimate of drug-likeness (QED) is 0.581. The maximum absolute atomic E-state index is 12.3. The van der Waals surface area contributed by atoms with Gasteiger partial charge in [0.25, 0.3) is 0 Å². The normalized spacial score (nSPS) is 10.4. The maximum atomic E-state index is 12.3. The van der Waals surface area contributed by atoms with Gasteiger partial charge in [0.1, 0.15) is 11.6 Å². The number of hydrogen-bond donors (Lipinski definition) is 3. The number of aliphatic carboxylic acids is 1. The minimum absolute atomic E-state index is 0.419. The molecule has 28 heavy (non-hydrogen) atoms. The van der Waals surface area contributed by atoms with Crippen molar-refractivity contribution in [3.63, 3.8) is 0 Å². The lowest BCUT2D eigenvalue weighted by atomic mass is 10.3. The van der Waals surface area contributed by atoms with Gasteiger partial charge in [0.05, 0.1) is 11.4 Å². The molecule has 0 aliphatic carbocycles. The van der Waals surface area contributed by atoms with Gasteiger partial charge in [-0.2, -0.15) is 5.10 Å². The molecule has 0 saturated carbocycles. The molecule has 0 aliphatic rings. The summed E-state index contributed by atoms with van der Waals surface area (Å²) < 4.78 is 6.68. The van der Waals surface area contributed by atoms with Crippen LogP contribution in [0.4, 0.5) is 16.3 Å². The number of halogens is 1. The van der Waals surface area contributed by atoms with E-state index >= 15 is 0 Å². The van der Waals surface area contributed by atoms with Crippen LogP contribution in [0.1, 0.15) is 5.69 Å². The summed E-state index contributed by atoms with van der Waals surface area (Å²) >= 11 is 5.84. The number of hydrogen-bond acceptors (Lipinski definition) is 4. The summed E-state index contributed by atoms with van der Waals surface area (Å²) in [6, 6.07) is 14.7. The van der Waals surface area contributed by atoms with Crippen molar-refractivity contribution in [3.8, 4) is 11.4 Å². The van der Waals surface area contributed by atoms with E-state index in [2.05, 4.69) is 15.7 Å². The molecule has 8 nitrogen and oxygen atoms in total. The summed E-state index contributed by atoms with van der Waals surface area (Å²) in [5.41, 5.74) is 2.00. The Morgan fingerprint density at radius 1 is 1.11 bits per heavy atom. The second kappa shape index (κ2) is 8.45. The second-order valence-corrected chi connectivity index (χ2v) is 6.28. The summed E-state index contributed by atoms with van der Waals surface area (Å²) in [4.78, 5) is 22.9. The first-order chi connectivity index (χ1) is 13.4. The van der Waals surface area contributed by atoms with E-state index in [1.165, 1.54) is 0 Å². The number of carbonyl (C=O) groups is 2. The van der Waals surface area contributed by atoms with Gasteiger partial charge in [-0.05, 0) is 55.5 Å². The number of aromatic nitrogens is 2. The molecule has 2 amide bonds. The maximum Gasteiger partial charge on any atom is 0.341 e. The zero-order chi connectivity index (χ0) is 20.1. The van der Waals surface area contributed by atoms with Crippen LogP contribution in [0.3, 0.4) is 0 Å². The predicted octanol–water partition coefficient (Wildman–Crippen LogP) is 3.94. The van der Waals surface area contributed by atoms with Crippen LogP contribution in [0, 0.1) is 6.92 Å². The number of urea groups is 1. The van der Waals surface area contributed by atoms with Gasteiger partial charge in [-0.15, -0.1) is 0 Å². The van der Waals surface area contributed by atoms with Gasteiger partial charge in [-0.3, -0.25) is 5.32 Å². The largest absolute Gasteiger partial charge is 0.482 e. The highest BCUT2D eigenvalue weighted by Gasteiger charge is 2.11. The second-order valence-electron chi connectivity index (χ2n) is 5.85. The first kappa shape index (κ1) is 19.2. The summed E-state index contributed by atoms with van der Waals surface area (Å²) in [5, 5.41) is 19.1. The fourth-order valence-corrected chi connectivity index (χ4v) is 2.55. The number of anilines is 2. The average Bonchev–Trinajstić information content (AvgIpc) is 3.02. The van der Waals surface area contributed by atoms with Crippen molar-refractivity contribution in [1.82, 2.24) is 9.78 Å². The standard InChI is InChI=1S/C19H17ClN4O4/c1-12-10-17(22-19(27)21-14-4-2-13(20)3-5-14)24(23-12)15-6-8-16(9-7-15)28-11-18(25)26/h2-10H,11H2,1H3,(H,25,26)(H2,21,22,27). The Kier molecular flexibility index (Phi) is 5.81. The fourth-order valence-electron chi connectivity index (χ4n) is 2.43. The molecular weight excluding hydrogens is 384 g/mol. The Hall–Kier alpha value is -3.52. The van der Waals surface area contributed by atoms with E-state index in [-0.39, 0.29) is 0 Å². The number of carboxylic acids is 1. The third-order valence-electron chi connectivity index (χ3n) is 3.62. The first-order valence-electron chi connectivity index (χ1n) is 8.26. The van der Waals surface area contributed by atoms with Crippen molar-refractivity contribution in [3.05, 3.63) is 65.3 Å². The molecule has 1 aromatic heterocycles. The van der Waals surface area contributed by atoms with Crippen molar-refractivity contribution >= 4 is 35.1 Å². The molecule has 0 aliphatic heterocycles. The van der Waals surface area contributed by atoms with Crippen LogP contribution < -0.4 is 15.4 Å². The topological polar surface area (TPSA) is 105 Å². The molecule has 144 valence electrons. The van der Waals surface area contributed by atoms with E-state index in [0.29, 0.717) is 33.7 Å². The molecule has 3 rings (SSSR count). The predicted molar refractivity (Wildman–Crippen MR) is 106 cm³/mol. The Bertz CT molecular complexity index is 984. The molecule has 0 fully saturated rings. The van der Waals surface area contributed by atoms with Crippen LogP contribution in [-0.4, -0.2) is 33.5 Å². The molecule has 3 aromatic rings. The number of rotatable bonds is 6. The molecule has 1 heterocycles. The van der Waals surface area contributed by atoms with Gasteiger partial charge in [0.2, 0.25) is 0 Å². The molecule has 2 aromatic carbocycles. The van der Waals surface area contributed by atoms with Crippen LogP contribution in [0.25, 0.3) is 5.69 Å². The SMILES string of the molecule is Cc1cc(NC(=O)Nc2ccc(Cl)cc2)n(-c2ccc(OCC(=O)O)cc2)n1. The summed E-state index contributed by atoms with van der Waals surface area (Å²) in [5.74, 6) is -0.154. The van der Waals surface area contributed by atoms with E-state index < -0.39 is 18.6 Å². The molecule has 0 saturated heterocycles. The van der Waals surface area contributed by atoms with Crippen molar-refractivity contribution < 1.29 is 19.4 Å². The smallest absolute Gasteiger partial charge is 0.341 e. The van der Waals surface area contributed by atoms with Gasteiger partial charge in [0.15, 0.2) is 6.61 Å². The van der Waals surface area contributed by atoms with Crippen LogP contribution in [0.2, 0.25) is 5.02 Å². The monoisotopic (exact) mass is 400 g/mol. The number of benzene rings is 2. The van der Waals surface area contributed by atoms with Crippen molar-refractivity contribution in [2.24, 2.45) is 0 Å². The van der Waals surface area contributed by atoms with Crippen LogP contribution in [0.15, 0.2) is 54.6 Å². The number of carboxylic acid groups (broad SMARTS) is 1. The number of aryl methyl sites for hydroxylation is 1. The minimum Gasteiger partial charge on any atom is -0.482 e. The molecular formula is C19H17ClN4O4. The lowest BCUT2D eigenvalue weighted by Gasteiger charge is -2.11. The van der Waals surface area contributed by atoms with Gasteiger partial charge < -0.3 is 15.2 Å². The van der Waals surface area contributed by atoms with Crippen molar-refractivity contribution in [2.45, 2.75) is 6.92 Å². The molecule has 0 radical (unpaired) electrons. The number of amides is 2. The number of carbonyl (C=O) groups excluding carboxylic acids is 1. The first-order valence-corrected chi connectivity index (χ1v) is 8.64. The van der Waals surface area contributed by atoms with Crippen LogP contribution in [-0.2, 0) is 4.79 Å². The Balaban J connectivity index is 1.72. The Morgan fingerprint density at radius 3 is 2.43 bits per heavy atom. The molecule has 0 spiro atoms. The van der Waals surface area contributed by atoms with Gasteiger partial charge in [-0.1, -0.05) is 11.6 Å². The Morgan fingerprint density at radius 2 is 1.79 bits per heavy atom. The molecule has 3 N–H and O–H groups in total. The molecule has 9 heteroatoms. The number of nitrogens with zero attached hydrogens (tertiary/aromatic N) is 2. The summed E-state index contributed by atoms with van der Waals surface area (Å²) in [6.07, 6.45) is 0. The van der Waals surface area contributed by atoms with Gasteiger partial charge in [-0.25, -0.2) is 14.3 Å². The van der Waals surface area contributed by atoms with E-state index in [4.69, 9.17) is 21.4 Å². The van der Waals surface area contributed by atoms with Gasteiger partial charge >= 0.3 is 12.0 Å². The van der Waals surface area contributed by atoms with Crippen molar-refractivity contribution in [1.29, 1.82) is 0 Å². The van der Waals surface area contributed by atoms with Crippen molar-refractivity contribution in [2.75, 3.05) is 17.2 Å². The fraction of sp³-hybridized carbons (Fsp3) is 0.105. The van der Waals surface area contributed by atoms with Crippen LogP contribution >= 0.6 is 11.6 Å². The zero-order valence-corrected chi connectivity index (χ0v) is 15.6. The van der Waals surface area contributed by atoms with E-state index in [1.54, 1.807) is 59.3 Å². The molecule has 0 atom stereocenters. The highest BCUT2D eigenvalue weighted by molar-refractivity contribution is 6.30. The highest BCUT2D eigenvalue weighted by atomic mass is 35.5. The lowest BCUT2D eigenvalue weighted by molar-refractivity contribution is -0.139. The zero-order valence-electron chi connectivity index (χ0n) is 14.8. The highest BCUT2D eigenvalue weighted by Crippen LogP contribution is 2.21. The van der Waals surface area contributed by atoms with Gasteiger partial charge in [0, 0.05) is 16.8 Å². The average molecular weight is 401 g/mol. The lowest BCUT2D eigenvalue weighted by Crippen LogP contribution is -2.21. The summed E-state index contributed by atoms with van der Waals surface area (Å²) in [7, 11) is 0. The van der Waals surface area contributed by atoms with E-state index in [0.717, 1.165) is 0 Å². The summed E-state index contributed by atoms with van der Waals surface area (Å²) in [6.45, 7) is 1.39. The number of nitrogens with one attached hydrogen (secondary N) is 2. The third kappa shape index (κ3) is 5.01. The molecule has 0 unspecified atom stereocenters. The Labute approximate surface area is 165 Å².